The topological polar surface area (TPSA) is 49.3 Å². The predicted octanol–water partition coefficient (Wildman–Crippen LogP) is 2.28. The van der Waals surface area contributed by atoms with Crippen molar-refractivity contribution < 1.29 is 14.3 Å². The number of hydrogen-bond acceptors (Lipinski definition) is 2. The van der Waals surface area contributed by atoms with Gasteiger partial charge in [0.05, 0.1) is 12.0 Å². The second-order valence-electron chi connectivity index (χ2n) is 4.86. The van der Waals surface area contributed by atoms with Gasteiger partial charge in [-0.3, -0.25) is 4.79 Å². The average Bonchev–Trinajstić information content (AvgIpc) is 2.66. The fourth-order valence-corrected chi connectivity index (χ4v) is 2.93. The standard InChI is InChI=1S/C13H14FNO2/c14-8-2-4-11-10(6-8)9-3-1-7(13(16)17)5-12(9)15-11/h2,6-7,11,15H,1,3-5H2,(H,16,17)/t7-,11+/m0/s1. The van der Waals surface area contributed by atoms with Crippen molar-refractivity contribution in [3.8, 4) is 0 Å². The second-order valence-corrected chi connectivity index (χ2v) is 4.86. The molecule has 0 bridgehead atoms. The van der Waals surface area contributed by atoms with E-state index in [0.717, 1.165) is 23.3 Å². The molecule has 0 unspecified atom stereocenters. The summed E-state index contributed by atoms with van der Waals surface area (Å²) in [6.45, 7) is 0. The van der Waals surface area contributed by atoms with Gasteiger partial charge in [0.2, 0.25) is 0 Å². The van der Waals surface area contributed by atoms with Gasteiger partial charge >= 0.3 is 5.97 Å². The van der Waals surface area contributed by atoms with E-state index in [2.05, 4.69) is 5.32 Å². The van der Waals surface area contributed by atoms with Crippen LogP contribution in [-0.2, 0) is 4.79 Å². The Morgan fingerprint density at radius 3 is 3.12 bits per heavy atom. The summed E-state index contributed by atoms with van der Waals surface area (Å²) >= 11 is 0. The third kappa shape index (κ3) is 1.68. The molecule has 1 heterocycles. The molecule has 0 radical (unpaired) electrons. The summed E-state index contributed by atoms with van der Waals surface area (Å²) in [6, 6.07) is 0.159. The van der Waals surface area contributed by atoms with E-state index in [1.165, 1.54) is 0 Å². The van der Waals surface area contributed by atoms with Gasteiger partial charge in [-0.05, 0) is 42.6 Å². The van der Waals surface area contributed by atoms with Gasteiger partial charge in [-0.2, -0.15) is 0 Å². The lowest BCUT2D eigenvalue weighted by molar-refractivity contribution is -0.142. The molecule has 2 atom stereocenters. The number of carboxylic acids is 1. The van der Waals surface area contributed by atoms with E-state index in [0.29, 0.717) is 19.3 Å². The Morgan fingerprint density at radius 2 is 2.35 bits per heavy atom. The van der Waals surface area contributed by atoms with Crippen molar-refractivity contribution in [2.45, 2.75) is 31.7 Å². The molecule has 3 rings (SSSR count). The maximum atomic E-state index is 13.2. The number of fused-ring (bicyclic) bond motifs is 2. The summed E-state index contributed by atoms with van der Waals surface area (Å²) < 4.78 is 13.2. The van der Waals surface area contributed by atoms with Gasteiger partial charge in [-0.1, -0.05) is 0 Å². The van der Waals surface area contributed by atoms with Gasteiger partial charge in [0.15, 0.2) is 0 Å². The lowest BCUT2D eigenvalue weighted by atomic mass is 9.84. The third-order valence-electron chi connectivity index (χ3n) is 3.82. The average molecular weight is 235 g/mol. The lowest BCUT2D eigenvalue weighted by Crippen LogP contribution is -2.26. The third-order valence-corrected chi connectivity index (χ3v) is 3.82. The molecule has 2 aliphatic carbocycles. The fourth-order valence-electron chi connectivity index (χ4n) is 2.93. The minimum absolute atomic E-state index is 0.159. The molecule has 0 aromatic carbocycles. The maximum Gasteiger partial charge on any atom is 0.306 e. The number of rotatable bonds is 1. The molecule has 2 N–H and O–H groups in total. The predicted molar refractivity (Wildman–Crippen MR) is 60.8 cm³/mol. The number of nitrogens with one attached hydrogen (secondary N) is 1. The molecule has 90 valence electrons. The molecule has 0 amide bonds. The Bertz CT molecular complexity index is 476. The lowest BCUT2D eigenvalue weighted by Gasteiger charge is -2.20. The summed E-state index contributed by atoms with van der Waals surface area (Å²) in [5.74, 6) is -1.20. The Hall–Kier alpha value is -1.58. The highest BCUT2D eigenvalue weighted by atomic mass is 19.1. The summed E-state index contributed by atoms with van der Waals surface area (Å²) in [4.78, 5) is 11.0. The molecule has 0 aromatic rings. The van der Waals surface area contributed by atoms with Crippen LogP contribution in [0.25, 0.3) is 0 Å². The van der Waals surface area contributed by atoms with Gasteiger partial charge in [-0.15, -0.1) is 0 Å². The number of allylic oxidation sites excluding steroid dienone is 3. The normalized spacial score (nSPS) is 31.1. The molecule has 1 aliphatic heterocycles. The number of carboxylic acid groups (broad SMARTS) is 1. The molecule has 0 saturated heterocycles. The highest BCUT2D eigenvalue weighted by molar-refractivity contribution is 5.71. The molecule has 3 nitrogen and oxygen atoms in total. The monoisotopic (exact) mass is 235 g/mol. The van der Waals surface area contributed by atoms with Crippen LogP contribution in [0.4, 0.5) is 4.39 Å². The van der Waals surface area contributed by atoms with Crippen LogP contribution in [0.3, 0.4) is 0 Å². The highest BCUT2D eigenvalue weighted by Gasteiger charge is 2.35. The van der Waals surface area contributed by atoms with Crippen molar-refractivity contribution >= 4 is 5.97 Å². The first kappa shape index (κ1) is 10.6. The van der Waals surface area contributed by atoms with Crippen molar-refractivity contribution in [2.24, 2.45) is 5.92 Å². The quantitative estimate of drug-likeness (QED) is 0.733. The van der Waals surface area contributed by atoms with E-state index in [-0.39, 0.29) is 17.8 Å². The maximum absolute atomic E-state index is 13.2. The minimum Gasteiger partial charge on any atom is -0.481 e. The van der Waals surface area contributed by atoms with E-state index >= 15 is 0 Å². The summed E-state index contributed by atoms with van der Waals surface area (Å²) in [5.41, 5.74) is 3.20. The minimum atomic E-state index is -0.730. The Morgan fingerprint density at radius 1 is 1.53 bits per heavy atom. The molecule has 17 heavy (non-hydrogen) atoms. The molecule has 0 fully saturated rings. The first-order chi connectivity index (χ1) is 8.15. The van der Waals surface area contributed by atoms with Crippen LogP contribution in [0.1, 0.15) is 25.7 Å². The SMILES string of the molecule is O=C(O)[C@H]1CCC2=C(C1)N[C@@H]1CC=C(F)C=C21. The Kier molecular flexibility index (Phi) is 2.31. The Balaban J connectivity index is 1.89. The largest absolute Gasteiger partial charge is 0.481 e. The van der Waals surface area contributed by atoms with E-state index < -0.39 is 5.97 Å². The first-order valence-corrected chi connectivity index (χ1v) is 5.94. The summed E-state index contributed by atoms with van der Waals surface area (Å²) in [7, 11) is 0. The molecular formula is C13H14FNO2. The van der Waals surface area contributed by atoms with Gasteiger partial charge in [-0.25, -0.2) is 4.39 Å². The zero-order valence-electron chi connectivity index (χ0n) is 9.37. The van der Waals surface area contributed by atoms with Crippen molar-refractivity contribution in [2.75, 3.05) is 0 Å². The second kappa shape index (κ2) is 3.72. The van der Waals surface area contributed by atoms with Crippen LogP contribution in [0.2, 0.25) is 0 Å². The number of aliphatic carboxylic acids is 1. The van der Waals surface area contributed by atoms with Crippen LogP contribution >= 0.6 is 0 Å². The van der Waals surface area contributed by atoms with Crippen molar-refractivity contribution in [1.82, 2.24) is 5.32 Å². The molecule has 0 saturated carbocycles. The van der Waals surface area contributed by atoms with E-state index in [1.54, 1.807) is 12.2 Å². The van der Waals surface area contributed by atoms with Crippen LogP contribution in [-0.4, -0.2) is 17.1 Å². The smallest absolute Gasteiger partial charge is 0.306 e. The molecule has 3 aliphatic rings. The van der Waals surface area contributed by atoms with Crippen molar-refractivity contribution in [3.05, 3.63) is 34.8 Å². The molecule has 0 spiro atoms. The van der Waals surface area contributed by atoms with Crippen LogP contribution < -0.4 is 5.32 Å². The number of hydrogen-bond donors (Lipinski definition) is 2. The van der Waals surface area contributed by atoms with Gasteiger partial charge in [0.1, 0.15) is 5.83 Å². The summed E-state index contributed by atoms with van der Waals surface area (Å²) in [5, 5.41) is 12.4. The Labute approximate surface area is 98.7 Å². The zero-order chi connectivity index (χ0) is 12.0. The zero-order valence-corrected chi connectivity index (χ0v) is 9.37. The summed E-state index contributed by atoms with van der Waals surface area (Å²) in [6.07, 6.45) is 5.78. The molecular weight excluding hydrogens is 221 g/mol. The number of carbonyl (C=O) groups is 1. The van der Waals surface area contributed by atoms with Crippen LogP contribution in [0, 0.1) is 5.92 Å². The van der Waals surface area contributed by atoms with E-state index in [1.807, 2.05) is 0 Å². The van der Waals surface area contributed by atoms with Crippen molar-refractivity contribution in [1.29, 1.82) is 0 Å². The highest BCUT2D eigenvalue weighted by Crippen LogP contribution is 2.41. The van der Waals surface area contributed by atoms with Crippen LogP contribution in [0.5, 0.6) is 0 Å². The van der Waals surface area contributed by atoms with Crippen LogP contribution in [0.15, 0.2) is 34.8 Å². The van der Waals surface area contributed by atoms with Gasteiger partial charge in [0, 0.05) is 12.1 Å². The molecule has 0 aromatic heterocycles. The first-order valence-electron chi connectivity index (χ1n) is 5.94. The van der Waals surface area contributed by atoms with Gasteiger partial charge in [0.25, 0.3) is 0 Å². The van der Waals surface area contributed by atoms with E-state index in [9.17, 15) is 9.18 Å². The molecule has 4 heteroatoms. The van der Waals surface area contributed by atoms with E-state index in [4.69, 9.17) is 5.11 Å². The number of halogens is 1. The van der Waals surface area contributed by atoms with Crippen molar-refractivity contribution in [3.63, 3.8) is 0 Å². The fraction of sp³-hybridized carbons (Fsp3) is 0.462. The van der Waals surface area contributed by atoms with Gasteiger partial charge < -0.3 is 10.4 Å².